The van der Waals surface area contributed by atoms with Crippen LogP contribution < -0.4 is 4.90 Å². The summed E-state index contributed by atoms with van der Waals surface area (Å²) in [5.74, 6) is 1.33. The van der Waals surface area contributed by atoms with E-state index < -0.39 is 0 Å². The van der Waals surface area contributed by atoms with Gasteiger partial charge in [-0.15, -0.1) is 0 Å². The number of hydrogen-bond acceptors (Lipinski definition) is 2. The molecule has 5 rings (SSSR count). The molecule has 1 aromatic heterocycles. The highest BCUT2D eigenvalue weighted by atomic mass is 19.1. The molecule has 3 nitrogen and oxygen atoms in total. The Morgan fingerprint density at radius 2 is 1.52 bits per heavy atom. The standard InChI is InChI=1S/C27H30FN3/c1-17(2)22-13-20(19-9-7-6-8-10-19)14-23(18(3)4)26(22)31-24(28)15-21-16-25-29(5)11-12-30(25)27(21)31/h6-15,17-18,25H,16H2,1-5H3. The highest BCUT2D eigenvalue weighted by Gasteiger charge is 2.38. The minimum Gasteiger partial charge on any atom is -0.358 e. The third-order valence-electron chi connectivity index (χ3n) is 6.65. The summed E-state index contributed by atoms with van der Waals surface area (Å²) in [4.78, 5) is 4.42. The fraction of sp³-hybridized carbons (Fsp3) is 0.333. The Bertz CT molecular complexity index is 1130. The van der Waals surface area contributed by atoms with Crippen LogP contribution in [0.1, 0.15) is 56.2 Å². The lowest BCUT2D eigenvalue weighted by Gasteiger charge is -2.28. The summed E-state index contributed by atoms with van der Waals surface area (Å²) in [5, 5.41) is 0. The van der Waals surface area contributed by atoms with Gasteiger partial charge in [-0.2, -0.15) is 4.39 Å². The lowest BCUT2D eigenvalue weighted by Crippen LogP contribution is -2.34. The minimum absolute atomic E-state index is 0.178. The fourth-order valence-corrected chi connectivity index (χ4v) is 5.00. The highest BCUT2D eigenvalue weighted by Crippen LogP contribution is 2.44. The average molecular weight is 416 g/mol. The molecule has 0 radical (unpaired) electrons. The molecule has 0 bridgehead atoms. The minimum atomic E-state index is -0.178. The summed E-state index contributed by atoms with van der Waals surface area (Å²) in [6, 6.07) is 16.7. The third kappa shape index (κ3) is 3.08. The van der Waals surface area contributed by atoms with E-state index in [1.165, 1.54) is 22.3 Å². The van der Waals surface area contributed by atoms with Crippen molar-refractivity contribution in [1.82, 2.24) is 9.47 Å². The van der Waals surface area contributed by atoms with Gasteiger partial charge < -0.3 is 9.80 Å². The summed E-state index contributed by atoms with van der Waals surface area (Å²) >= 11 is 0. The molecule has 1 atom stereocenters. The van der Waals surface area contributed by atoms with Crippen LogP contribution in [0.4, 0.5) is 10.2 Å². The number of hydrogen-bond donors (Lipinski definition) is 0. The van der Waals surface area contributed by atoms with Crippen molar-refractivity contribution in [3.8, 4) is 16.8 Å². The van der Waals surface area contributed by atoms with Crippen LogP contribution in [0, 0.1) is 5.95 Å². The highest BCUT2D eigenvalue weighted by molar-refractivity contribution is 5.72. The first-order valence-corrected chi connectivity index (χ1v) is 11.2. The number of rotatable bonds is 4. The Labute approximate surface area is 184 Å². The van der Waals surface area contributed by atoms with Crippen LogP contribution in [0.15, 0.2) is 60.9 Å². The lowest BCUT2D eigenvalue weighted by atomic mass is 9.88. The van der Waals surface area contributed by atoms with Gasteiger partial charge in [0.1, 0.15) is 12.0 Å². The van der Waals surface area contributed by atoms with Crippen LogP contribution in [0.25, 0.3) is 16.8 Å². The van der Waals surface area contributed by atoms with Crippen LogP contribution in [-0.2, 0) is 6.42 Å². The number of likely N-dealkylation sites (N-methyl/N-ethyl adjacent to an activating group) is 1. The Morgan fingerprint density at radius 3 is 2.13 bits per heavy atom. The van der Waals surface area contributed by atoms with Gasteiger partial charge in [0, 0.05) is 31.4 Å². The van der Waals surface area contributed by atoms with E-state index in [4.69, 9.17) is 0 Å². The number of benzene rings is 2. The van der Waals surface area contributed by atoms with Crippen LogP contribution in [0.2, 0.25) is 0 Å². The summed E-state index contributed by atoms with van der Waals surface area (Å²) in [7, 11) is 2.08. The molecule has 0 N–H and O–H groups in total. The van der Waals surface area contributed by atoms with Crippen LogP contribution in [-0.4, -0.2) is 22.7 Å². The molecule has 0 saturated heterocycles. The van der Waals surface area contributed by atoms with Gasteiger partial charge in [0.15, 0.2) is 5.95 Å². The van der Waals surface area contributed by atoms with E-state index in [1.54, 1.807) is 6.07 Å². The maximum atomic E-state index is 15.5. The van der Waals surface area contributed by atoms with Gasteiger partial charge in [-0.1, -0.05) is 58.0 Å². The van der Waals surface area contributed by atoms with Gasteiger partial charge in [0.2, 0.25) is 0 Å². The van der Waals surface area contributed by atoms with Crippen molar-refractivity contribution < 1.29 is 4.39 Å². The number of fused-ring (bicyclic) bond motifs is 3. The molecule has 160 valence electrons. The van der Waals surface area contributed by atoms with E-state index in [0.29, 0.717) is 0 Å². The molecule has 3 heterocycles. The van der Waals surface area contributed by atoms with Gasteiger partial charge in [-0.25, -0.2) is 0 Å². The first-order valence-electron chi connectivity index (χ1n) is 11.2. The molecule has 2 aliphatic rings. The quantitative estimate of drug-likeness (QED) is 0.473. The van der Waals surface area contributed by atoms with Crippen LogP contribution in [0.5, 0.6) is 0 Å². The van der Waals surface area contributed by atoms with Crippen molar-refractivity contribution in [2.24, 2.45) is 0 Å². The zero-order valence-corrected chi connectivity index (χ0v) is 18.9. The molecule has 0 fully saturated rings. The van der Waals surface area contributed by atoms with E-state index in [-0.39, 0.29) is 23.9 Å². The SMILES string of the molecule is CC(C)c1cc(-c2ccccc2)cc(C(C)C)c1-n1c(F)cc2c1N1C=CN(C)C1C2. The molecule has 31 heavy (non-hydrogen) atoms. The van der Waals surface area contributed by atoms with Gasteiger partial charge in [-0.05, 0) is 52.3 Å². The Hall–Kier alpha value is -3.01. The molecule has 3 aromatic rings. The summed E-state index contributed by atoms with van der Waals surface area (Å²) in [5.41, 5.74) is 6.84. The predicted molar refractivity (Wildman–Crippen MR) is 126 cm³/mol. The fourth-order valence-electron chi connectivity index (χ4n) is 5.00. The Morgan fingerprint density at radius 1 is 0.871 bits per heavy atom. The number of halogens is 1. The van der Waals surface area contributed by atoms with Crippen LogP contribution in [0.3, 0.4) is 0 Å². The second-order valence-electron chi connectivity index (χ2n) is 9.39. The Kier molecular flexibility index (Phi) is 4.69. The molecule has 0 aliphatic carbocycles. The van der Waals surface area contributed by atoms with E-state index >= 15 is 4.39 Å². The lowest BCUT2D eigenvalue weighted by molar-refractivity contribution is 0.366. The summed E-state index contributed by atoms with van der Waals surface area (Å²) in [6.45, 7) is 8.80. The molecule has 1 unspecified atom stereocenters. The average Bonchev–Trinajstić information content (AvgIpc) is 3.38. The van der Waals surface area contributed by atoms with Gasteiger partial charge in [0.05, 0.1) is 5.69 Å². The first kappa shape index (κ1) is 19.9. The van der Waals surface area contributed by atoms with Gasteiger partial charge in [0.25, 0.3) is 0 Å². The van der Waals surface area contributed by atoms with Gasteiger partial charge >= 0.3 is 0 Å². The second-order valence-corrected chi connectivity index (χ2v) is 9.39. The van der Waals surface area contributed by atoms with Crippen molar-refractivity contribution in [2.75, 3.05) is 11.9 Å². The van der Waals surface area contributed by atoms with E-state index in [9.17, 15) is 0 Å². The number of anilines is 1. The molecule has 2 aliphatic heterocycles. The summed E-state index contributed by atoms with van der Waals surface area (Å²) < 4.78 is 17.4. The van der Waals surface area contributed by atoms with E-state index in [2.05, 4.69) is 93.3 Å². The first-order chi connectivity index (χ1) is 14.9. The summed E-state index contributed by atoms with van der Waals surface area (Å²) in [6.07, 6.45) is 5.23. The zero-order chi connectivity index (χ0) is 21.9. The maximum absolute atomic E-state index is 15.5. The van der Waals surface area contributed by atoms with Crippen molar-refractivity contribution >= 4 is 5.82 Å². The smallest absolute Gasteiger partial charge is 0.200 e. The maximum Gasteiger partial charge on any atom is 0.200 e. The Balaban J connectivity index is 1.77. The van der Waals surface area contributed by atoms with Crippen molar-refractivity contribution in [2.45, 2.75) is 52.1 Å². The number of nitrogens with zero attached hydrogens (tertiary/aromatic N) is 3. The molecule has 4 heteroatoms. The monoisotopic (exact) mass is 415 g/mol. The molecular formula is C27H30FN3. The molecular weight excluding hydrogens is 385 g/mol. The van der Waals surface area contributed by atoms with Gasteiger partial charge in [-0.3, -0.25) is 4.57 Å². The second kappa shape index (κ2) is 7.30. The number of aromatic nitrogens is 1. The normalized spacial score (nSPS) is 17.2. The largest absolute Gasteiger partial charge is 0.358 e. The van der Waals surface area contributed by atoms with Crippen molar-refractivity contribution in [1.29, 1.82) is 0 Å². The predicted octanol–water partition coefficient (Wildman–Crippen LogP) is 6.64. The molecule has 2 aromatic carbocycles. The third-order valence-corrected chi connectivity index (χ3v) is 6.65. The van der Waals surface area contributed by atoms with Crippen molar-refractivity contribution in [3.63, 3.8) is 0 Å². The van der Waals surface area contributed by atoms with Crippen molar-refractivity contribution in [3.05, 3.63) is 83.6 Å². The molecule has 0 spiro atoms. The van der Waals surface area contributed by atoms with Crippen LogP contribution >= 0.6 is 0 Å². The topological polar surface area (TPSA) is 11.4 Å². The van der Waals surface area contributed by atoms with E-state index in [1.807, 2.05) is 10.6 Å². The molecule has 0 saturated carbocycles. The molecule has 0 amide bonds. The van der Waals surface area contributed by atoms with E-state index in [0.717, 1.165) is 23.5 Å². The zero-order valence-electron chi connectivity index (χ0n) is 18.9.